The van der Waals surface area contributed by atoms with Gasteiger partial charge in [-0.3, -0.25) is 14.4 Å². The largest absolute Gasteiger partial charge is 0.353 e. The van der Waals surface area contributed by atoms with E-state index in [0.717, 1.165) is 0 Å². The van der Waals surface area contributed by atoms with E-state index in [1.807, 2.05) is 36.4 Å². The van der Waals surface area contributed by atoms with Gasteiger partial charge in [0, 0.05) is 13.1 Å². The maximum Gasteiger partial charge on any atom is 0.243 e. The van der Waals surface area contributed by atoms with Gasteiger partial charge < -0.3 is 21.7 Å². The van der Waals surface area contributed by atoms with Gasteiger partial charge in [0.15, 0.2) is 0 Å². The number of alkyl halides is 1. The highest BCUT2D eigenvalue weighted by Gasteiger charge is 2.26. The molecule has 3 amide bonds. The molecule has 0 spiro atoms. The van der Waals surface area contributed by atoms with Crippen LogP contribution in [0.2, 0.25) is 0 Å². The number of nitrogens with two attached hydrogens (primary N) is 1. The molecule has 0 aromatic heterocycles. The number of hydrogen-bond donors (Lipinski definition) is 4. The number of carbonyl (C=O) groups is 3. The van der Waals surface area contributed by atoms with E-state index in [0.29, 0.717) is 13.1 Å². The van der Waals surface area contributed by atoms with Crippen molar-refractivity contribution in [2.75, 3.05) is 17.5 Å². The molecule has 5 N–H and O–H groups in total. The molecular weight excluding hydrogens is 375 g/mol. The van der Waals surface area contributed by atoms with Crippen LogP contribution in [0, 0.1) is 5.92 Å². The average molecular weight is 398 g/mol. The van der Waals surface area contributed by atoms with Crippen molar-refractivity contribution in [3.05, 3.63) is 0 Å². The van der Waals surface area contributed by atoms with Crippen LogP contribution in [-0.2, 0) is 14.4 Å². The van der Waals surface area contributed by atoms with Crippen LogP contribution in [0.5, 0.6) is 0 Å². The first kappa shape index (κ1) is 19.1. The van der Waals surface area contributed by atoms with Gasteiger partial charge in [0.05, 0.1) is 4.43 Å². The molecule has 0 aliphatic heterocycles. The molecule has 0 saturated carbocycles. The van der Waals surface area contributed by atoms with Crippen LogP contribution >= 0.6 is 22.6 Å². The van der Waals surface area contributed by atoms with Crippen molar-refractivity contribution in [1.82, 2.24) is 16.0 Å². The molecule has 0 bridgehead atoms. The second-order valence-electron chi connectivity index (χ2n) is 4.73. The molecule has 0 aromatic rings. The number of carbonyl (C=O) groups excluding carboxylic acids is 3. The summed E-state index contributed by atoms with van der Waals surface area (Å²) in [5.41, 5.74) is 5.29. The van der Waals surface area contributed by atoms with E-state index in [2.05, 4.69) is 16.0 Å². The monoisotopic (exact) mass is 398 g/mol. The van der Waals surface area contributed by atoms with E-state index >= 15 is 0 Å². The first-order valence-electron chi connectivity index (χ1n) is 6.47. The lowest BCUT2D eigenvalue weighted by Gasteiger charge is -2.23. The van der Waals surface area contributed by atoms with Crippen molar-refractivity contribution in [3.8, 4) is 0 Å². The Balaban J connectivity index is 4.52. The minimum atomic E-state index is -0.674. The zero-order valence-electron chi connectivity index (χ0n) is 12.0. The summed E-state index contributed by atoms with van der Waals surface area (Å²) in [5.74, 6) is -0.944. The van der Waals surface area contributed by atoms with E-state index in [9.17, 15) is 14.4 Å². The summed E-state index contributed by atoms with van der Waals surface area (Å²) in [5, 5.41) is 7.82. The van der Waals surface area contributed by atoms with Crippen LogP contribution in [-0.4, -0.2) is 47.3 Å². The first-order valence-corrected chi connectivity index (χ1v) is 7.99. The zero-order chi connectivity index (χ0) is 15.7. The highest BCUT2D eigenvalue weighted by molar-refractivity contribution is 14.1. The lowest BCUT2D eigenvalue weighted by Crippen LogP contribution is -2.54. The Hall–Kier alpha value is -0.900. The summed E-state index contributed by atoms with van der Waals surface area (Å²) in [7, 11) is 0. The standard InChI is InChI=1S/C12H23IN4O3/c1-7(2)10(17-9(18)6-13)12(20)16-8(3)11(19)15-5-4-14/h7-8,10H,4-6,14H2,1-3H3,(H,15,19)(H,16,20)(H,17,18)/t8-,10-/m0/s1. The van der Waals surface area contributed by atoms with Crippen LogP contribution < -0.4 is 21.7 Å². The van der Waals surface area contributed by atoms with E-state index in [1.54, 1.807) is 6.92 Å². The Morgan fingerprint density at radius 1 is 1.10 bits per heavy atom. The molecule has 8 heteroatoms. The maximum atomic E-state index is 12.1. The van der Waals surface area contributed by atoms with Gasteiger partial charge in [-0.15, -0.1) is 0 Å². The minimum Gasteiger partial charge on any atom is -0.353 e. The Morgan fingerprint density at radius 3 is 2.15 bits per heavy atom. The fourth-order valence-corrected chi connectivity index (χ4v) is 1.68. The number of hydrogen-bond acceptors (Lipinski definition) is 4. The van der Waals surface area contributed by atoms with Gasteiger partial charge in [-0.2, -0.15) is 0 Å². The summed E-state index contributed by atoms with van der Waals surface area (Å²) in [6, 6.07) is -1.33. The summed E-state index contributed by atoms with van der Waals surface area (Å²) >= 11 is 1.93. The van der Waals surface area contributed by atoms with E-state index in [-0.39, 0.29) is 28.1 Å². The van der Waals surface area contributed by atoms with Crippen LogP contribution in [0.4, 0.5) is 0 Å². The van der Waals surface area contributed by atoms with Crippen LogP contribution in [0.1, 0.15) is 20.8 Å². The van der Waals surface area contributed by atoms with Gasteiger partial charge in [-0.1, -0.05) is 36.4 Å². The summed E-state index contributed by atoms with van der Waals surface area (Å²) in [6.07, 6.45) is 0. The number of halogens is 1. The fraction of sp³-hybridized carbons (Fsp3) is 0.750. The third-order valence-electron chi connectivity index (χ3n) is 2.58. The molecule has 20 heavy (non-hydrogen) atoms. The average Bonchev–Trinajstić information content (AvgIpc) is 2.40. The predicted molar refractivity (Wildman–Crippen MR) is 85.3 cm³/mol. The Morgan fingerprint density at radius 2 is 1.70 bits per heavy atom. The van der Waals surface area contributed by atoms with Gasteiger partial charge in [-0.25, -0.2) is 0 Å². The van der Waals surface area contributed by atoms with Crippen LogP contribution in [0.3, 0.4) is 0 Å². The number of nitrogens with one attached hydrogen (secondary N) is 3. The molecule has 0 aromatic carbocycles. The van der Waals surface area contributed by atoms with E-state index in [1.165, 1.54) is 0 Å². The van der Waals surface area contributed by atoms with Gasteiger partial charge >= 0.3 is 0 Å². The lowest BCUT2D eigenvalue weighted by atomic mass is 10.0. The summed E-state index contributed by atoms with van der Waals surface area (Å²) in [4.78, 5) is 35.1. The SMILES string of the molecule is CC(C)[C@H](NC(=O)CI)C(=O)N[C@@H](C)C(=O)NCCN. The molecule has 0 saturated heterocycles. The van der Waals surface area contributed by atoms with Crippen molar-refractivity contribution in [1.29, 1.82) is 0 Å². The van der Waals surface area contributed by atoms with E-state index < -0.39 is 12.1 Å². The Labute approximate surface area is 132 Å². The predicted octanol–water partition coefficient (Wildman–Crippen LogP) is -0.858. The fourth-order valence-electron chi connectivity index (χ4n) is 1.46. The summed E-state index contributed by atoms with van der Waals surface area (Å²) < 4.78 is 0.279. The van der Waals surface area contributed by atoms with Crippen molar-refractivity contribution in [2.45, 2.75) is 32.9 Å². The van der Waals surface area contributed by atoms with Gasteiger partial charge in [0.25, 0.3) is 0 Å². The molecular formula is C12H23IN4O3. The first-order chi connectivity index (χ1) is 9.33. The molecule has 0 aliphatic carbocycles. The normalized spacial score (nSPS) is 13.5. The Kier molecular flexibility index (Phi) is 9.47. The summed E-state index contributed by atoms with van der Waals surface area (Å²) in [6.45, 7) is 5.94. The lowest BCUT2D eigenvalue weighted by molar-refractivity contribution is -0.132. The quantitative estimate of drug-likeness (QED) is 0.315. The highest BCUT2D eigenvalue weighted by atomic mass is 127. The molecule has 0 rings (SSSR count). The zero-order valence-corrected chi connectivity index (χ0v) is 14.2. The molecule has 2 atom stereocenters. The number of rotatable bonds is 8. The smallest absolute Gasteiger partial charge is 0.243 e. The van der Waals surface area contributed by atoms with Gasteiger partial charge in [0.2, 0.25) is 17.7 Å². The molecule has 0 fully saturated rings. The van der Waals surface area contributed by atoms with E-state index in [4.69, 9.17) is 5.73 Å². The topological polar surface area (TPSA) is 113 Å². The van der Waals surface area contributed by atoms with Crippen molar-refractivity contribution in [2.24, 2.45) is 11.7 Å². The van der Waals surface area contributed by atoms with Gasteiger partial charge in [0.1, 0.15) is 12.1 Å². The highest BCUT2D eigenvalue weighted by Crippen LogP contribution is 2.03. The minimum absolute atomic E-state index is 0.0683. The van der Waals surface area contributed by atoms with Crippen molar-refractivity contribution in [3.63, 3.8) is 0 Å². The second-order valence-corrected chi connectivity index (χ2v) is 5.50. The van der Waals surface area contributed by atoms with Crippen molar-refractivity contribution < 1.29 is 14.4 Å². The van der Waals surface area contributed by atoms with Crippen LogP contribution in [0.25, 0.3) is 0 Å². The molecule has 0 radical (unpaired) electrons. The maximum absolute atomic E-state index is 12.1. The second kappa shape index (κ2) is 9.92. The van der Waals surface area contributed by atoms with Crippen molar-refractivity contribution >= 4 is 40.3 Å². The Bertz CT molecular complexity index is 350. The number of amides is 3. The third kappa shape index (κ3) is 7.04. The third-order valence-corrected chi connectivity index (χ3v) is 3.28. The molecule has 7 nitrogen and oxygen atoms in total. The molecule has 116 valence electrons. The molecule has 0 aliphatic rings. The van der Waals surface area contributed by atoms with Gasteiger partial charge in [-0.05, 0) is 12.8 Å². The molecule has 0 heterocycles. The van der Waals surface area contributed by atoms with Crippen LogP contribution in [0.15, 0.2) is 0 Å². The molecule has 0 unspecified atom stereocenters.